The molecule has 3 aliphatic rings. The van der Waals surface area contributed by atoms with Crippen molar-refractivity contribution < 1.29 is 24.9 Å². The SMILES string of the molecule is C=C=C1C(C(N)=O)=C(O)[C@@H](N(C)C)C2CC3Cc4c(-c5cccc(CN(C)Cc6cccnc6)c5)ccc(O)c4C(O)=C3C(=O)C12. The van der Waals surface area contributed by atoms with Crippen molar-refractivity contribution in [3.8, 4) is 16.9 Å². The quantitative estimate of drug-likeness (QED) is 0.280. The molecule has 3 unspecified atom stereocenters. The smallest absolute Gasteiger partial charge is 0.253 e. The lowest BCUT2D eigenvalue weighted by Crippen LogP contribution is -2.52. The van der Waals surface area contributed by atoms with Crippen LogP contribution in [0.3, 0.4) is 0 Å². The van der Waals surface area contributed by atoms with Gasteiger partial charge in [-0.05, 0) is 91.8 Å². The predicted octanol–water partition coefficient (Wildman–Crippen LogP) is 4.69. The van der Waals surface area contributed by atoms with Gasteiger partial charge in [-0.2, -0.15) is 0 Å². The summed E-state index contributed by atoms with van der Waals surface area (Å²) in [6.45, 7) is 5.15. The molecule has 1 saturated carbocycles. The first kappa shape index (κ1) is 31.0. The molecule has 236 valence electrons. The Morgan fingerprint density at radius 3 is 2.48 bits per heavy atom. The molecule has 1 heterocycles. The Labute approximate surface area is 268 Å². The number of rotatable bonds is 7. The Bertz CT molecular complexity index is 1850. The van der Waals surface area contributed by atoms with Crippen molar-refractivity contribution in [1.82, 2.24) is 14.8 Å². The van der Waals surface area contributed by atoms with Crippen LogP contribution in [0.4, 0.5) is 0 Å². The summed E-state index contributed by atoms with van der Waals surface area (Å²) in [6.07, 6.45) is 4.46. The molecule has 0 saturated heterocycles. The maximum absolute atomic E-state index is 14.3. The molecule has 6 rings (SSSR count). The molecular formula is C37H38N4O5. The number of hydrogen-bond acceptors (Lipinski definition) is 8. The van der Waals surface area contributed by atoms with Gasteiger partial charge in [-0.1, -0.05) is 36.9 Å². The number of nitrogens with two attached hydrogens (primary N) is 1. The number of aliphatic hydroxyl groups is 2. The number of allylic oxidation sites excluding steroid dienone is 1. The molecule has 1 aromatic heterocycles. The molecule has 4 atom stereocenters. The first-order chi connectivity index (χ1) is 22.0. The van der Waals surface area contributed by atoms with Crippen LogP contribution in [-0.2, 0) is 29.1 Å². The highest BCUT2D eigenvalue weighted by atomic mass is 16.3. The Morgan fingerprint density at radius 1 is 1.07 bits per heavy atom. The van der Waals surface area contributed by atoms with E-state index in [1.807, 2.05) is 36.5 Å². The van der Waals surface area contributed by atoms with Crippen molar-refractivity contribution in [2.24, 2.45) is 23.5 Å². The molecule has 46 heavy (non-hydrogen) atoms. The molecule has 0 spiro atoms. The molecule has 9 heteroatoms. The van der Waals surface area contributed by atoms with Crippen molar-refractivity contribution in [2.45, 2.75) is 32.0 Å². The standard InChI is InChI=1S/C37H38N4O5/c1-5-24-30-27(33(40(2)3)36(45)32(24)37(38)46)16-23-15-26-25(11-12-28(42)31(26)35(44)29(23)34(30)43)22-10-6-8-20(14-22)18-41(4)19-21-9-7-13-39-17-21/h6-14,17,23,27,30,33,42,44-45H,1,15-16,18-19H2,2-4H3,(H2,38,46)/t23?,27?,30?,33-/m0/s1. The number of Topliss-reactive ketones (excluding diaryl/α,β-unsaturated/α-hetero) is 1. The van der Waals surface area contributed by atoms with E-state index < -0.39 is 23.8 Å². The first-order valence-corrected chi connectivity index (χ1v) is 15.3. The zero-order valence-electron chi connectivity index (χ0n) is 26.2. The summed E-state index contributed by atoms with van der Waals surface area (Å²) >= 11 is 0. The van der Waals surface area contributed by atoms with Gasteiger partial charge < -0.3 is 21.1 Å². The third-order valence-electron chi connectivity index (χ3n) is 9.56. The number of aromatic hydroxyl groups is 1. The lowest BCUT2D eigenvalue weighted by molar-refractivity contribution is -0.123. The Morgan fingerprint density at radius 2 is 1.80 bits per heavy atom. The summed E-state index contributed by atoms with van der Waals surface area (Å²) < 4.78 is 0. The number of likely N-dealkylation sites (N-methyl/N-ethyl adjacent to an activating group) is 1. The van der Waals surface area contributed by atoms with E-state index in [0.717, 1.165) is 34.4 Å². The number of phenolic OH excluding ortho intramolecular Hbond substituents is 1. The first-order valence-electron chi connectivity index (χ1n) is 15.3. The molecule has 1 amide bonds. The third-order valence-corrected chi connectivity index (χ3v) is 9.56. The van der Waals surface area contributed by atoms with Crippen LogP contribution in [0.5, 0.6) is 5.75 Å². The topological polar surface area (TPSA) is 140 Å². The molecule has 3 aliphatic carbocycles. The summed E-state index contributed by atoms with van der Waals surface area (Å²) in [7, 11) is 5.61. The maximum atomic E-state index is 14.3. The number of hydrogen-bond donors (Lipinski definition) is 4. The van der Waals surface area contributed by atoms with Gasteiger partial charge in [0.15, 0.2) is 5.78 Å². The van der Waals surface area contributed by atoms with Crippen LogP contribution in [0.1, 0.15) is 28.7 Å². The van der Waals surface area contributed by atoms with Crippen LogP contribution < -0.4 is 5.73 Å². The van der Waals surface area contributed by atoms with Gasteiger partial charge >= 0.3 is 0 Å². The number of carbonyl (C=O) groups is 2. The van der Waals surface area contributed by atoms with E-state index in [1.165, 1.54) is 0 Å². The van der Waals surface area contributed by atoms with E-state index in [-0.39, 0.29) is 51.3 Å². The highest BCUT2D eigenvalue weighted by molar-refractivity contribution is 6.10. The average molecular weight is 619 g/mol. The van der Waals surface area contributed by atoms with E-state index in [4.69, 9.17) is 5.73 Å². The normalized spacial score (nSPS) is 22.5. The molecule has 0 bridgehead atoms. The van der Waals surface area contributed by atoms with E-state index in [2.05, 4.69) is 41.4 Å². The van der Waals surface area contributed by atoms with Crippen LogP contribution in [-0.4, -0.2) is 69.0 Å². The van der Waals surface area contributed by atoms with E-state index in [9.17, 15) is 24.9 Å². The number of benzene rings is 2. The van der Waals surface area contributed by atoms with E-state index in [1.54, 1.807) is 31.3 Å². The number of phenols is 1. The summed E-state index contributed by atoms with van der Waals surface area (Å²) in [5.74, 6) is -3.51. The van der Waals surface area contributed by atoms with Gasteiger partial charge in [-0.15, -0.1) is 5.73 Å². The van der Waals surface area contributed by atoms with Gasteiger partial charge in [-0.3, -0.25) is 24.4 Å². The highest BCUT2D eigenvalue weighted by Crippen LogP contribution is 2.53. The Kier molecular flexibility index (Phi) is 8.17. The van der Waals surface area contributed by atoms with Crippen LogP contribution in [0.2, 0.25) is 0 Å². The van der Waals surface area contributed by atoms with Gasteiger partial charge in [0.2, 0.25) is 0 Å². The maximum Gasteiger partial charge on any atom is 0.253 e. The number of nitrogens with zero attached hydrogens (tertiary/aromatic N) is 3. The Hall–Kier alpha value is -4.95. The summed E-state index contributed by atoms with van der Waals surface area (Å²) in [4.78, 5) is 35.0. The molecule has 2 aromatic carbocycles. The minimum absolute atomic E-state index is 0.117. The zero-order chi connectivity index (χ0) is 32.9. The van der Waals surface area contributed by atoms with Gasteiger partial charge in [0, 0.05) is 36.6 Å². The molecule has 0 aliphatic heterocycles. The van der Waals surface area contributed by atoms with Gasteiger partial charge in [0.1, 0.15) is 17.3 Å². The highest BCUT2D eigenvalue weighted by Gasteiger charge is 2.54. The lowest BCUT2D eigenvalue weighted by Gasteiger charge is -2.47. The predicted molar refractivity (Wildman–Crippen MR) is 175 cm³/mol. The lowest BCUT2D eigenvalue weighted by atomic mass is 9.58. The van der Waals surface area contributed by atoms with Crippen molar-refractivity contribution in [2.75, 3.05) is 21.1 Å². The molecule has 3 aromatic rings. The van der Waals surface area contributed by atoms with Gasteiger partial charge in [0.25, 0.3) is 5.91 Å². The van der Waals surface area contributed by atoms with Crippen LogP contribution >= 0.6 is 0 Å². The van der Waals surface area contributed by atoms with Crippen molar-refractivity contribution >= 4 is 17.4 Å². The van der Waals surface area contributed by atoms with Crippen molar-refractivity contribution in [1.29, 1.82) is 0 Å². The number of aliphatic hydroxyl groups excluding tert-OH is 2. The fraction of sp³-hybridized carbons (Fsp3) is 0.297. The second-order valence-corrected chi connectivity index (χ2v) is 12.7. The molecule has 9 nitrogen and oxygen atoms in total. The number of aromatic nitrogens is 1. The number of pyridine rings is 1. The van der Waals surface area contributed by atoms with Crippen LogP contribution in [0.25, 0.3) is 16.9 Å². The second-order valence-electron chi connectivity index (χ2n) is 12.7. The van der Waals surface area contributed by atoms with Crippen molar-refractivity contribution in [3.63, 3.8) is 0 Å². The van der Waals surface area contributed by atoms with Gasteiger partial charge in [0.05, 0.1) is 23.1 Å². The zero-order valence-corrected chi connectivity index (χ0v) is 26.2. The molecule has 0 radical (unpaired) electrons. The van der Waals surface area contributed by atoms with E-state index in [0.29, 0.717) is 19.4 Å². The minimum Gasteiger partial charge on any atom is -0.510 e. The number of fused-ring (bicyclic) bond motifs is 3. The monoisotopic (exact) mass is 618 g/mol. The summed E-state index contributed by atoms with van der Waals surface area (Å²) in [5.41, 5.74) is 13.6. The number of primary amides is 1. The minimum atomic E-state index is -0.885. The molecular weight excluding hydrogens is 580 g/mol. The third kappa shape index (κ3) is 5.22. The second kappa shape index (κ2) is 12.1. The van der Waals surface area contributed by atoms with Crippen molar-refractivity contribution in [3.05, 3.63) is 118 Å². The summed E-state index contributed by atoms with van der Waals surface area (Å²) in [5, 5.41) is 34.0. The fourth-order valence-electron chi connectivity index (χ4n) is 7.80. The number of amides is 1. The molecule has 5 N–H and O–H groups in total. The van der Waals surface area contributed by atoms with Gasteiger partial charge in [-0.25, -0.2) is 0 Å². The van der Waals surface area contributed by atoms with E-state index >= 15 is 0 Å². The van der Waals surface area contributed by atoms with Crippen LogP contribution in [0.15, 0.2) is 95.7 Å². The largest absolute Gasteiger partial charge is 0.510 e. The molecule has 1 fully saturated rings. The fourth-order valence-corrected chi connectivity index (χ4v) is 7.80. The average Bonchev–Trinajstić information content (AvgIpc) is 3.00. The number of carbonyl (C=O) groups excluding carboxylic acids is 2. The summed E-state index contributed by atoms with van der Waals surface area (Å²) in [6, 6.07) is 14.9. The number of ketones is 1. The Balaban J connectivity index is 1.39. The van der Waals surface area contributed by atoms with Crippen LogP contribution in [0, 0.1) is 17.8 Å².